The summed E-state index contributed by atoms with van der Waals surface area (Å²) < 4.78 is 44.4. The lowest BCUT2D eigenvalue weighted by molar-refractivity contribution is -0.0226. The van der Waals surface area contributed by atoms with E-state index in [9.17, 15) is 23.1 Å². The first-order chi connectivity index (χ1) is 13.8. The molecule has 2 amide bonds. The highest BCUT2D eigenvalue weighted by Crippen LogP contribution is 2.41. The Morgan fingerprint density at radius 3 is 2.93 bits per heavy atom. The van der Waals surface area contributed by atoms with Gasteiger partial charge in [0.05, 0.1) is 12.2 Å². The highest BCUT2D eigenvalue weighted by molar-refractivity contribution is 5.89. The van der Waals surface area contributed by atoms with Crippen LogP contribution in [0.4, 0.5) is 23.7 Å². The van der Waals surface area contributed by atoms with E-state index in [0.717, 1.165) is 0 Å². The Balaban J connectivity index is 1.57. The van der Waals surface area contributed by atoms with Crippen molar-refractivity contribution in [1.82, 2.24) is 14.7 Å². The minimum absolute atomic E-state index is 0.0378. The first-order valence-electron chi connectivity index (χ1n) is 9.68. The summed E-state index contributed by atoms with van der Waals surface area (Å²) in [6.07, 6.45) is 0.248. The summed E-state index contributed by atoms with van der Waals surface area (Å²) >= 11 is 0. The fourth-order valence-electron chi connectivity index (χ4n) is 4.06. The molecule has 6 nitrogen and oxygen atoms in total. The molecule has 2 N–H and O–H groups in total. The Morgan fingerprint density at radius 1 is 1.41 bits per heavy atom. The van der Waals surface area contributed by atoms with Crippen LogP contribution in [0.5, 0.6) is 0 Å². The first-order valence-corrected chi connectivity index (χ1v) is 9.68. The number of hydrogen-bond donors (Lipinski definition) is 2. The molecule has 0 bridgehead atoms. The van der Waals surface area contributed by atoms with Gasteiger partial charge in [-0.1, -0.05) is 0 Å². The number of benzene rings is 1. The number of aryl methyl sites for hydroxylation is 1. The van der Waals surface area contributed by atoms with Crippen LogP contribution in [0.25, 0.3) is 0 Å². The van der Waals surface area contributed by atoms with Crippen molar-refractivity contribution in [2.75, 3.05) is 18.5 Å². The quantitative estimate of drug-likeness (QED) is 0.800. The van der Waals surface area contributed by atoms with Gasteiger partial charge in [0.15, 0.2) is 0 Å². The first kappa shape index (κ1) is 19.8. The van der Waals surface area contributed by atoms with Crippen LogP contribution in [0.2, 0.25) is 0 Å². The second kappa shape index (κ2) is 7.37. The average Bonchev–Trinajstić information content (AvgIpc) is 2.99. The van der Waals surface area contributed by atoms with Crippen LogP contribution in [-0.4, -0.2) is 39.0 Å². The van der Waals surface area contributed by atoms with Crippen molar-refractivity contribution in [3.63, 3.8) is 0 Å². The molecule has 1 atom stereocenters. The molecule has 4 rings (SSSR count). The summed E-state index contributed by atoms with van der Waals surface area (Å²) in [7, 11) is 0. The lowest BCUT2D eigenvalue weighted by atomic mass is 9.98. The predicted octanol–water partition coefficient (Wildman–Crippen LogP) is 3.41. The number of aliphatic hydroxyl groups excluding tert-OH is 1. The molecular formula is C20H23F3N4O2. The maximum absolute atomic E-state index is 14.8. The summed E-state index contributed by atoms with van der Waals surface area (Å²) in [4.78, 5) is 14.1. The maximum atomic E-state index is 14.8. The van der Waals surface area contributed by atoms with Gasteiger partial charge in [-0.15, -0.1) is 0 Å². The highest BCUT2D eigenvalue weighted by atomic mass is 19.3. The third kappa shape index (κ3) is 3.71. The number of fused-ring (bicyclic) bond motifs is 3. The van der Waals surface area contributed by atoms with Crippen LogP contribution in [0.1, 0.15) is 35.4 Å². The monoisotopic (exact) mass is 408 g/mol. The summed E-state index contributed by atoms with van der Waals surface area (Å²) in [5.74, 6) is -3.68. The zero-order chi connectivity index (χ0) is 20.8. The fourth-order valence-corrected chi connectivity index (χ4v) is 4.06. The van der Waals surface area contributed by atoms with Gasteiger partial charge in [0.2, 0.25) is 0 Å². The minimum Gasteiger partial charge on any atom is -0.396 e. The van der Waals surface area contributed by atoms with Crippen molar-refractivity contribution < 1.29 is 23.1 Å². The second-order valence-electron chi connectivity index (χ2n) is 7.81. The van der Waals surface area contributed by atoms with Crippen molar-refractivity contribution in [2.24, 2.45) is 5.92 Å². The van der Waals surface area contributed by atoms with Gasteiger partial charge in [0.1, 0.15) is 11.5 Å². The molecule has 29 heavy (non-hydrogen) atoms. The predicted molar refractivity (Wildman–Crippen MR) is 100 cm³/mol. The molecule has 2 aliphatic rings. The molecule has 3 heterocycles. The average molecular weight is 408 g/mol. The lowest BCUT2D eigenvalue weighted by Gasteiger charge is -2.28. The lowest BCUT2D eigenvalue weighted by Crippen LogP contribution is -2.39. The van der Waals surface area contributed by atoms with Gasteiger partial charge in [0, 0.05) is 49.7 Å². The van der Waals surface area contributed by atoms with Gasteiger partial charge in [-0.25, -0.2) is 9.18 Å². The van der Waals surface area contributed by atoms with Gasteiger partial charge < -0.3 is 15.3 Å². The Bertz CT molecular complexity index is 944. The Hall–Kier alpha value is -2.55. The number of aromatic nitrogens is 2. The van der Waals surface area contributed by atoms with E-state index in [0.29, 0.717) is 35.5 Å². The molecule has 0 fully saturated rings. The van der Waals surface area contributed by atoms with E-state index in [1.54, 1.807) is 6.92 Å². The Kier molecular flexibility index (Phi) is 5.02. The molecule has 0 radical (unpaired) electrons. The number of amides is 2. The van der Waals surface area contributed by atoms with E-state index in [4.69, 9.17) is 0 Å². The molecule has 0 spiro atoms. The van der Waals surface area contributed by atoms with Crippen LogP contribution >= 0.6 is 0 Å². The van der Waals surface area contributed by atoms with E-state index >= 15 is 0 Å². The molecule has 2 aliphatic heterocycles. The molecule has 1 aromatic heterocycles. The zero-order valence-corrected chi connectivity index (χ0v) is 16.1. The molecule has 0 aliphatic carbocycles. The largest absolute Gasteiger partial charge is 0.396 e. The van der Waals surface area contributed by atoms with E-state index in [-0.39, 0.29) is 50.0 Å². The zero-order valence-electron chi connectivity index (χ0n) is 16.1. The van der Waals surface area contributed by atoms with Gasteiger partial charge >= 0.3 is 6.03 Å². The van der Waals surface area contributed by atoms with Crippen molar-refractivity contribution in [1.29, 1.82) is 0 Å². The van der Waals surface area contributed by atoms with E-state index < -0.39 is 12.0 Å². The van der Waals surface area contributed by atoms with Crippen LogP contribution in [0, 0.1) is 18.7 Å². The van der Waals surface area contributed by atoms with Gasteiger partial charge in [-0.05, 0) is 37.1 Å². The normalized spacial score (nSPS) is 20.6. The summed E-state index contributed by atoms with van der Waals surface area (Å²) in [5.41, 5.74) is 1.69. The molecule has 0 unspecified atom stereocenters. The van der Waals surface area contributed by atoms with Crippen molar-refractivity contribution >= 4 is 11.7 Å². The number of rotatable bonds is 2. The third-order valence-corrected chi connectivity index (χ3v) is 5.70. The van der Waals surface area contributed by atoms with Crippen molar-refractivity contribution in [3.05, 3.63) is 46.5 Å². The fraction of sp³-hybridized carbons (Fsp3) is 0.500. The van der Waals surface area contributed by atoms with Crippen LogP contribution in [-0.2, 0) is 25.4 Å². The second-order valence-corrected chi connectivity index (χ2v) is 7.81. The number of anilines is 1. The summed E-state index contributed by atoms with van der Waals surface area (Å²) in [5, 5.41) is 16.5. The standard InChI is InChI=1S/C20H23F3N4O2/c1-12-8-14(2-3-16(12)21)24-19(29)26-7-5-17-15(10-26)18-20(22,23)6-4-13(11-28)9-27(18)25-17/h2-3,8,13,28H,4-7,9-11H2,1H3,(H,24,29)/t13-/m1/s1. The molecule has 1 aromatic carbocycles. The van der Waals surface area contributed by atoms with Gasteiger partial charge in [0.25, 0.3) is 5.92 Å². The van der Waals surface area contributed by atoms with Crippen molar-refractivity contribution in [2.45, 2.75) is 45.2 Å². The van der Waals surface area contributed by atoms with Crippen LogP contribution in [0.15, 0.2) is 18.2 Å². The van der Waals surface area contributed by atoms with Crippen molar-refractivity contribution in [3.8, 4) is 0 Å². The number of nitrogens with one attached hydrogen (secondary N) is 1. The number of halogens is 3. The number of hydrogen-bond acceptors (Lipinski definition) is 3. The minimum atomic E-state index is -3.06. The van der Waals surface area contributed by atoms with Crippen LogP contribution < -0.4 is 5.32 Å². The summed E-state index contributed by atoms with van der Waals surface area (Å²) in [6.45, 7) is 2.07. The number of carbonyl (C=O) groups is 1. The SMILES string of the molecule is Cc1cc(NC(=O)N2CCc3nn4c(c3C2)C(F)(F)CC[C@@H](CO)C4)ccc1F. The number of urea groups is 1. The van der Waals surface area contributed by atoms with Gasteiger partial charge in [-0.3, -0.25) is 4.68 Å². The molecule has 156 valence electrons. The number of nitrogens with zero attached hydrogens (tertiary/aromatic N) is 3. The molecule has 0 saturated heterocycles. The van der Waals surface area contributed by atoms with E-state index in [2.05, 4.69) is 10.4 Å². The number of alkyl halides is 2. The van der Waals surface area contributed by atoms with E-state index in [1.165, 1.54) is 27.8 Å². The molecule has 2 aromatic rings. The Labute approximate surface area is 166 Å². The number of carbonyl (C=O) groups excluding carboxylic acids is 1. The molecular weight excluding hydrogens is 385 g/mol. The van der Waals surface area contributed by atoms with Gasteiger partial charge in [-0.2, -0.15) is 13.9 Å². The van der Waals surface area contributed by atoms with Crippen LogP contribution in [0.3, 0.4) is 0 Å². The number of aliphatic hydroxyl groups is 1. The third-order valence-electron chi connectivity index (χ3n) is 5.70. The Morgan fingerprint density at radius 2 is 2.21 bits per heavy atom. The van der Waals surface area contributed by atoms with E-state index in [1.807, 2.05) is 0 Å². The molecule has 9 heteroatoms. The highest BCUT2D eigenvalue weighted by Gasteiger charge is 2.43. The smallest absolute Gasteiger partial charge is 0.322 e. The summed E-state index contributed by atoms with van der Waals surface area (Å²) in [6, 6.07) is 3.84. The maximum Gasteiger partial charge on any atom is 0.322 e. The molecule has 0 saturated carbocycles. The topological polar surface area (TPSA) is 70.4 Å².